The lowest BCUT2D eigenvalue weighted by Crippen LogP contribution is -2.47. The molecule has 40 heavy (non-hydrogen) atoms. The molecule has 5 rings (SSSR count). The van der Waals surface area contributed by atoms with E-state index in [4.69, 9.17) is 27.9 Å². The molecule has 0 aliphatic carbocycles. The summed E-state index contributed by atoms with van der Waals surface area (Å²) in [5.41, 5.74) is 2.12. The fourth-order valence-corrected chi connectivity index (χ4v) is 8.09. The second-order valence-corrected chi connectivity index (χ2v) is 13.2. The Morgan fingerprint density at radius 1 is 1.15 bits per heavy atom. The van der Waals surface area contributed by atoms with Crippen LogP contribution in [0.3, 0.4) is 0 Å². The van der Waals surface area contributed by atoms with E-state index < -0.39 is 16.1 Å². The fourth-order valence-electron chi connectivity index (χ4n) is 5.08. The van der Waals surface area contributed by atoms with Gasteiger partial charge in [-0.15, -0.1) is 11.3 Å². The van der Waals surface area contributed by atoms with Gasteiger partial charge in [-0.3, -0.25) is 9.78 Å². The summed E-state index contributed by atoms with van der Waals surface area (Å²) >= 11 is 14.4. The van der Waals surface area contributed by atoms with Gasteiger partial charge in [-0.25, -0.2) is 8.42 Å². The molecule has 7 nitrogen and oxygen atoms in total. The van der Waals surface area contributed by atoms with Crippen LogP contribution < -0.4 is 0 Å². The summed E-state index contributed by atoms with van der Waals surface area (Å²) in [6.45, 7) is 3.05. The van der Waals surface area contributed by atoms with Crippen LogP contribution in [0, 0.1) is 0 Å². The Hall–Kier alpha value is -2.53. The van der Waals surface area contributed by atoms with Crippen molar-refractivity contribution in [3.8, 4) is 0 Å². The third-order valence-corrected chi connectivity index (χ3v) is 10.4. The third kappa shape index (κ3) is 5.91. The van der Waals surface area contributed by atoms with Crippen molar-refractivity contribution in [2.45, 2.75) is 30.7 Å². The highest BCUT2D eigenvalue weighted by Gasteiger charge is 2.37. The first-order valence-electron chi connectivity index (χ1n) is 13.0. The van der Waals surface area contributed by atoms with Crippen molar-refractivity contribution in [2.75, 3.05) is 32.8 Å². The van der Waals surface area contributed by atoms with E-state index in [1.165, 1.54) is 9.18 Å². The Bertz CT molecular complexity index is 1620. The summed E-state index contributed by atoms with van der Waals surface area (Å²) in [7, 11) is -4.07. The number of ether oxygens (including phenoxy) is 1. The number of thiophene rings is 1. The van der Waals surface area contributed by atoms with Crippen molar-refractivity contribution < 1.29 is 17.9 Å². The molecule has 0 fully saturated rings. The van der Waals surface area contributed by atoms with Crippen LogP contribution in [0.25, 0.3) is 10.9 Å². The standard InChI is InChI=1S/C29H29Cl2N3O4S2/c1-2-38-16-5-14-33(40(36,37)26-8-3-6-20-7-4-13-32-28(20)26)19-27(35)34-15-11-25-23(12-17-39-25)29(34)22-10-9-21(30)18-24(22)31/h3-4,6-10,12-13,17-18,29H,2,5,11,14-16,19H2,1H3. The number of carbonyl (C=O) groups excluding carboxylic acids is 1. The quantitative estimate of drug-likeness (QED) is 0.198. The van der Waals surface area contributed by atoms with E-state index in [9.17, 15) is 13.2 Å². The maximum atomic E-state index is 14.1. The predicted octanol–water partition coefficient (Wildman–Crippen LogP) is 6.19. The number of hydrogen-bond acceptors (Lipinski definition) is 6. The molecule has 11 heteroatoms. The fraction of sp³-hybridized carbons (Fsp3) is 0.310. The van der Waals surface area contributed by atoms with Crippen molar-refractivity contribution >= 4 is 61.4 Å². The summed E-state index contributed by atoms with van der Waals surface area (Å²) < 4.78 is 34.9. The molecule has 1 aliphatic rings. The highest BCUT2D eigenvalue weighted by Crippen LogP contribution is 2.41. The van der Waals surface area contributed by atoms with Crippen LogP contribution in [0.2, 0.25) is 10.0 Å². The summed E-state index contributed by atoms with van der Waals surface area (Å²) in [6.07, 6.45) is 2.70. The molecule has 1 atom stereocenters. The number of halogens is 2. The zero-order valence-corrected chi connectivity index (χ0v) is 25.1. The smallest absolute Gasteiger partial charge is 0.245 e. The van der Waals surface area contributed by atoms with Gasteiger partial charge >= 0.3 is 0 Å². The molecule has 2 aromatic carbocycles. The Morgan fingerprint density at radius 3 is 2.77 bits per heavy atom. The monoisotopic (exact) mass is 617 g/mol. The molecule has 1 unspecified atom stereocenters. The van der Waals surface area contributed by atoms with E-state index >= 15 is 0 Å². The van der Waals surface area contributed by atoms with Gasteiger partial charge in [-0.2, -0.15) is 4.31 Å². The minimum Gasteiger partial charge on any atom is -0.382 e. The first kappa shape index (κ1) is 29.0. The minimum atomic E-state index is -4.07. The molecular weight excluding hydrogens is 589 g/mol. The number of aromatic nitrogens is 1. The van der Waals surface area contributed by atoms with E-state index in [1.54, 1.807) is 52.8 Å². The van der Waals surface area contributed by atoms with Crippen LogP contribution in [-0.2, 0) is 26.0 Å². The molecule has 2 aromatic heterocycles. The van der Waals surface area contributed by atoms with Crippen molar-refractivity contribution in [3.05, 3.63) is 92.2 Å². The van der Waals surface area contributed by atoms with Gasteiger partial charge in [-0.1, -0.05) is 47.5 Å². The number of nitrogens with zero attached hydrogens (tertiary/aromatic N) is 3. The molecular formula is C29H29Cl2N3O4S2. The number of benzene rings is 2. The molecule has 0 saturated heterocycles. The zero-order chi connectivity index (χ0) is 28.3. The Kier molecular flexibility index (Phi) is 9.09. The highest BCUT2D eigenvalue weighted by atomic mass is 35.5. The van der Waals surface area contributed by atoms with Gasteiger partial charge in [-0.05, 0) is 66.6 Å². The van der Waals surface area contributed by atoms with E-state index in [-0.39, 0.29) is 23.9 Å². The zero-order valence-electron chi connectivity index (χ0n) is 21.9. The third-order valence-electron chi connectivity index (χ3n) is 6.97. The molecule has 3 heterocycles. The topological polar surface area (TPSA) is 79.8 Å². The summed E-state index contributed by atoms with van der Waals surface area (Å²) in [5.74, 6) is -0.305. The minimum absolute atomic E-state index is 0.0749. The number of hydrogen-bond donors (Lipinski definition) is 0. The first-order chi connectivity index (χ1) is 19.3. The Labute approximate surface area is 248 Å². The van der Waals surface area contributed by atoms with Crippen molar-refractivity contribution in [1.29, 1.82) is 0 Å². The first-order valence-corrected chi connectivity index (χ1v) is 16.1. The summed E-state index contributed by atoms with van der Waals surface area (Å²) in [5, 5.41) is 3.68. The van der Waals surface area contributed by atoms with Gasteiger partial charge in [0.1, 0.15) is 4.90 Å². The normalized spacial score (nSPS) is 15.5. The van der Waals surface area contributed by atoms with Gasteiger partial charge < -0.3 is 9.64 Å². The molecule has 0 radical (unpaired) electrons. The number of carbonyl (C=O) groups is 1. The highest BCUT2D eigenvalue weighted by molar-refractivity contribution is 7.89. The Balaban J connectivity index is 1.50. The number of sulfonamides is 1. The van der Waals surface area contributed by atoms with Crippen LogP contribution in [0.5, 0.6) is 0 Å². The molecule has 0 spiro atoms. The molecule has 0 bridgehead atoms. The lowest BCUT2D eigenvalue weighted by molar-refractivity contribution is -0.133. The van der Waals surface area contributed by atoms with E-state index in [1.807, 2.05) is 36.6 Å². The molecule has 0 N–H and O–H groups in total. The van der Waals surface area contributed by atoms with E-state index in [0.29, 0.717) is 53.5 Å². The van der Waals surface area contributed by atoms with E-state index in [2.05, 4.69) is 4.98 Å². The lowest BCUT2D eigenvalue weighted by atomic mass is 9.93. The van der Waals surface area contributed by atoms with Crippen molar-refractivity contribution in [3.63, 3.8) is 0 Å². The van der Waals surface area contributed by atoms with Crippen LogP contribution >= 0.6 is 34.5 Å². The second kappa shape index (κ2) is 12.5. The average Bonchev–Trinajstić information content (AvgIpc) is 3.43. The lowest BCUT2D eigenvalue weighted by Gasteiger charge is -2.38. The van der Waals surface area contributed by atoms with Gasteiger partial charge in [0.25, 0.3) is 0 Å². The van der Waals surface area contributed by atoms with Crippen molar-refractivity contribution in [1.82, 2.24) is 14.2 Å². The summed E-state index contributed by atoms with van der Waals surface area (Å²) in [6, 6.07) is 15.5. The number of para-hydroxylation sites is 1. The van der Waals surface area contributed by atoms with Crippen molar-refractivity contribution in [2.24, 2.45) is 0 Å². The number of pyridine rings is 1. The predicted molar refractivity (Wildman–Crippen MR) is 160 cm³/mol. The Morgan fingerprint density at radius 2 is 1.98 bits per heavy atom. The van der Waals surface area contributed by atoms with Crippen LogP contribution in [0.1, 0.15) is 35.4 Å². The maximum absolute atomic E-state index is 14.1. The van der Waals surface area contributed by atoms with E-state index in [0.717, 1.165) is 11.1 Å². The van der Waals surface area contributed by atoms with Gasteiger partial charge in [0.05, 0.1) is 18.1 Å². The maximum Gasteiger partial charge on any atom is 0.245 e. The van der Waals surface area contributed by atoms with Gasteiger partial charge in [0.2, 0.25) is 15.9 Å². The van der Waals surface area contributed by atoms with Crippen LogP contribution in [0.4, 0.5) is 0 Å². The van der Waals surface area contributed by atoms with Gasteiger partial charge in [0.15, 0.2) is 0 Å². The number of rotatable bonds is 10. The molecule has 4 aromatic rings. The number of amides is 1. The van der Waals surface area contributed by atoms with Gasteiger partial charge in [0, 0.05) is 52.8 Å². The SMILES string of the molecule is CCOCCCN(CC(=O)N1CCc2sccc2C1c1ccc(Cl)cc1Cl)S(=O)(=O)c1cccc2cccnc12. The van der Waals surface area contributed by atoms with Crippen LogP contribution in [-0.4, -0.2) is 61.4 Å². The largest absolute Gasteiger partial charge is 0.382 e. The molecule has 0 saturated carbocycles. The number of fused-ring (bicyclic) bond motifs is 2. The second-order valence-electron chi connectivity index (χ2n) is 9.42. The average molecular weight is 619 g/mol. The molecule has 210 valence electrons. The van der Waals surface area contributed by atoms with Crippen LogP contribution in [0.15, 0.2) is 71.1 Å². The summed E-state index contributed by atoms with van der Waals surface area (Å²) in [4.78, 5) is 21.4. The molecule has 1 amide bonds. The molecule has 1 aliphatic heterocycles.